The number of aromatic carboxylic acids is 1. The fourth-order valence-electron chi connectivity index (χ4n) is 1.83. The summed E-state index contributed by atoms with van der Waals surface area (Å²) < 4.78 is 5.69. The maximum absolute atomic E-state index is 11.3. The predicted molar refractivity (Wildman–Crippen MR) is 79.5 cm³/mol. The summed E-state index contributed by atoms with van der Waals surface area (Å²) in [5.74, 6) is -0.373. The van der Waals surface area contributed by atoms with Crippen LogP contribution < -0.4 is 0 Å². The van der Waals surface area contributed by atoms with Crippen molar-refractivity contribution < 1.29 is 14.3 Å². The Kier molecular flexibility index (Phi) is 3.42. The van der Waals surface area contributed by atoms with Crippen molar-refractivity contribution in [2.45, 2.75) is 13.3 Å². The van der Waals surface area contributed by atoms with E-state index in [2.05, 4.69) is 11.9 Å². The van der Waals surface area contributed by atoms with Gasteiger partial charge in [0.15, 0.2) is 11.5 Å². The quantitative estimate of drug-likeness (QED) is 0.776. The zero-order chi connectivity index (χ0) is 14.1. The van der Waals surface area contributed by atoms with E-state index in [0.29, 0.717) is 11.7 Å². The van der Waals surface area contributed by atoms with Crippen LogP contribution in [0, 0.1) is 0 Å². The maximum Gasteiger partial charge on any atom is 0.358 e. The van der Waals surface area contributed by atoms with Gasteiger partial charge >= 0.3 is 5.97 Å². The molecule has 0 unspecified atom stereocenters. The molecule has 0 aliphatic carbocycles. The first-order valence-electron chi connectivity index (χ1n) is 6.06. The molecule has 4 nitrogen and oxygen atoms in total. The third kappa shape index (κ3) is 2.28. The highest BCUT2D eigenvalue weighted by Gasteiger charge is 2.23. The number of hydrogen-bond acceptors (Lipinski definition) is 5. The molecule has 3 aromatic rings. The standard InChI is InChI=1S/C14H11NO3S2/c1-2-8-5-6-9(20-8)12-11(14(16)17)15-13(18-12)10-4-3-7-19-10/h3-7H,2H2,1H3,(H,16,17). The van der Waals surface area contributed by atoms with Gasteiger partial charge in [0.05, 0.1) is 9.75 Å². The average Bonchev–Trinajstić information content (AvgIpc) is 3.17. The molecule has 20 heavy (non-hydrogen) atoms. The fraction of sp³-hybridized carbons (Fsp3) is 0.143. The summed E-state index contributed by atoms with van der Waals surface area (Å²) in [7, 11) is 0. The van der Waals surface area contributed by atoms with Crippen LogP contribution in [0.2, 0.25) is 0 Å². The lowest BCUT2D eigenvalue weighted by atomic mass is 10.3. The van der Waals surface area contributed by atoms with E-state index in [1.54, 1.807) is 0 Å². The number of nitrogens with zero attached hydrogens (tertiary/aromatic N) is 1. The minimum atomic E-state index is -1.07. The lowest BCUT2D eigenvalue weighted by molar-refractivity contribution is 0.0691. The van der Waals surface area contributed by atoms with Gasteiger partial charge in [0.25, 0.3) is 0 Å². The molecule has 0 aromatic carbocycles. The van der Waals surface area contributed by atoms with Crippen molar-refractivity contribution in [3.05, 3.63) is 40.2 Å². The van der Waals surface area contributed by atoms with E-state index >= 15 is 0 Å². The summed E-state index contributed by atoms with van der Waals surface area (Å²) in [6, 6.07) is 7.61. The number of carboxylic acids is 1. The number of hydrogen-bond donors (Lipinski definition) is 1. The maximum atomic E-state index is 11.3. The lowest BCUT2D eigenvalue weighted by Crippen LogP contribution is -1.98. The monoisotopic (exact) mass is 305 g/mol. The SMILES string of the molecule is CCc1ccc(-c2oc(-c3cccs3)nc2C(=O)O)s1. The van der Waals surface area contributed by atoms with Gasteiger partial charge in [-0.15, -0.1) is 22.7 Å². The van der Waals surface area contributed by atoms with Crippen molar-refractivity contribution >= 4 is 28.6 Å². The molecule has 0 amide bonds. The second kappa shape index (κ2) is 5.22. The first-order valence-corrected chi connectivity index (χ1v) is 7.75. The molecule has 1 N–H and O–H groups in total. The third-order valence-corrected chi connectivity index (χ3v) is 4.88. The van der Waals surface area contributed by atoms with Crippen LogP contribution in [-0.2, 0) is 6.42 Å². The molecule has 3 aromatic heterocycles. The van der Waals surface area contributed by atoms with E-state index in [-0.39, 0.29) is 5.69 Å². The number of carbonyl (C=O) groups is 1. The topological polar surface area (TPSA) is 63.3 Å². The summed E-state index contributed by atoms with van der Waals surface area (Å²) in [5.41, 5.74) is -0.0297. The molecular formula is C14H11NO3S2. The highest BCUT2D eigenvalue weighted by Crippen LogP contribution is 2.35. The molecule has 0 aliphatic rings. The summed E-state index contributed by atoms with van der Waals surface area (Å²) >= 11 is 3.00. The van der Waals surface area contributed by atoms with Crippen LogP contribution in [0.25, 0.3) is 21.4 Å². The molecule has 0 saturated heterocycles. The Labute approximate surface area is 123 Å². The Morgan fingerprint density at radius 2 is 2.20 bits per heavy atom. The molecule has 0 spiro atoms. The van der Waals surface area contributed by atoms with Gasteiger partial charge in [0.2, 0.25) is 5.89 Å². The van der Waals surface area contributed by atoms with E-state index in [1.807, 2.05) is 29.6 Å². The van der Waals surface area contributed by atoms with Gasteiger partial charge in [-0.05, 0) is 30.0 Å². The van der Waals surface area contributed by atoms with Gasteiger partial charge in [-0.3, -0.25) is 0 Å². The van der Waals surface area contributed by atoms with E-state index in [9.17, 15) is 9.90 Å². The van der Waals surface area contributed by atoms with Crippen LogP contribution in [0.15, 0.2) is 34.1 Å². The minimum Gasteiger partial charge on any atom is -0.476 e. The highest BCUT2D eigenvalue weighted by molar-refractivity contribution is 7.15. The Bertz CT molecular complexity index is 740. The van der Waals surface area contributed by atoms with Crippen LogP contribution >= 0.6 is 22.7 Å². The van der Waals surface area contributed by atoms with Crippen LogP contribution in [0.4, 0.5) is 0 Å². The average molecular weight is 305 g/mol. The van der Waals surface area contributed by atoms with E-state index < -0.39 is 5.97 Å². The molecule has 0 aliphatic heterocycles. The van der Waals surface area contributed by atoms with Gasteiger partial charge < -0.3 is 9.52 Å². The molecule has 3 rings (SSSR count). The molecule has 0 saturated carbocycles. The summed E-state index contributed by atoms with van der Waals surface area (Å²) in [5, 5.41) is 11.2. The molecule has 6 heteroatoms. The van der Waals surface area contributed by atoms with Crippen LogP contribution in [0.3, 0.4) is 0 Å². The Morgan fingerprint density at radius 1 is 1.35 bits per heavy atom. The number of oxazole rings is 1. The first-order chi connectivity index (χ1) is 9.69. The van der Waals surface area contributed by atoms with E-state index in [4.69, 9.17) is 4.42 Å². The van der Waals surface area contributed by atoms with Gasteiger partial charge in [0, 0.05) is 4.88 Å². The number of aromatic nitrogens is 1. The van der Waals surface area contributed by atoms with Crippen LogP contribution in [0.1, 0.15) is 22.3 Å². The minimum absolute atomic E-state index is 0.0297. The largest absolute Gasteiger partial charge is 0.476 e. The second-order valence-electron chi connectivity index (χ2n) is 4.10. The lowest BCUT2D eigenvalue weighted by Gasteiger charge is -1.92. The first kappa shape index (κ1) is 13.1. The predicted octanol–water partition coefficient (Wildman–Crippen LogP) is 4.39. The molecule has 3 heterocycles. The van der Waals surface area contributed by atoms with E-state index in [0.717, 1.165) is 16.2 Å². The van der Waals surface area contributed by atoms with Crippen molar-refractivity contribution in [3.63, 3.8) is 0 Å². The van der Waals surface area contributed by atoms with Crippen LogP contribution in [0.5, 0.6) is 0 Å². The Morgan fingerprint density at radius 3 is 2.80 bits per heavy atom. The zero-order valence-electron chi connectivity index (χ0n) is 10.6. The molecule has 0 atom stereocenters. The Hall–Kier alpha value is -1.92. The molecular weight excluding hydrogens is 294 g/mol. The number of aryl methyl sites for hydroxylation is 1. The van der Waals surface area contributed by atoms with Gasteiger partial charge in [-0.1, -0.05) is 13.0 Å². The summed E-state index contributed by atoms with van der Waals surface area (Å²) in [6.07, 6.45) is 0.916. The Balaban J connectivity index is 2.11. The van der Waals surface area contributed by atoms with Gasteiger partial charge in [0.1, 0.15) is 0 Å². The number of thiophene rings is 2. The van der Waals surface area contributed by atoms with Crippen LogP contribution in [-0.4, -0.2) is 16.1 Å². The van der Waals surface area contributed by atoms with Crippen molar-refractivity contribution in [3.8, 4) is 21.4 Å². The van der Waals surface area contributed by atoms with Crippen molar-refractivity contribution in [1.82, 2.24) is 4.98 Å². The normalized spacial score (nSPS) is 10.8. The fourth-order valence-corrected chi connectivity index (χ4v) is 3.41. The molecule has 102 valence electrons. The van der Waals surface area contributed by atoms with Gasteiger partial charge in [-0.2, -0.15) is 0 Å². The highest BCUT2D eigenvalue weighted by atomic mass is 32.1. The van der Waals surface area contributed by atoms with Gasteiger partial charge in [-0.25, -0.2) is 9.78 Å². The number of rotatable bonds is 4. The van der Waals surface area contributed by atoms with Crippen molar-refractivity contribution in [2.75, 3.05) is 0 Å². The molecule has 0 fully saturated rings. The summed E-state index contributed by atoms with van der Waals surface area (Å²) in [6.45, 7) is 2.06. The third-order valence-electron chi connectivity index (χ3n) is 2.80. The molecule has 0 bridgehead atoms. The van der Waals surface area contributed by atoms with Crippen molar-refractivity contribution in [1.29, 1.82) is 0 Å². The molecule has 0 radical (unpaired) electrons. The number of carboxylic acid groups (broad SMARTS) is 1. The van der Waals surface area contributed by atoms with Crippen molar-refractivity contribution in [2.24, 2.45) is 0 Å². The zero-order valence-corrected chi connectivity index (χ0v) is 12.3. The van der Waals surface area contributed by atoms with E-state index in [1.165, 1.54) is 27.6 Å². The second-order valence-corrected chi connectivity index (χ2v) is 6.21. The summed E-state index contributed by atoms with van der Waals surface area (Å²) in [4.78, 5) is 18.3. The smallest absolute Gasteiger partial charge is 0.358 e.